The molecule has 0 radical (unpaired) electrons. The number of piperazine rings is 1. The van der Waals surface area contributed by atoms with Gasteiger partial charge in [-0.3, -0.25) is 0 Å². The van der Waals surface area contributed by atoms with Crippen molar-refractivity contribution >= 4 is 27.5 Å². The summed E-state index contributed by atoms with van der Waals surface area (Å²) in [5.41, 5.74) is 2.16. The molecule has 3 rings (SSSR count). The second kappa shape index (κ2) is 7.79. The molecule has 1 aromatic carbocycles. The van der Waals surface area contributed by atoms with Crippen molar-refractivity contribution in [2.45, 2.75) is 13.8 Å². The van der Waals surface area contributed by atoms with Crippen LogP contribution in [0.1, 0.15) is 11.4 Å². The van der Waals surface area contributed by atoms with Gasteiger partial charge in [-0.25, -0.2) is 9.97 Å². The summed E-state index contributed by atoms with van der Waals surface area (Å²) in [7, 11) is -0.263. The first-order valence-corrected chi connectivity index (χ1v) is 10.3. The minimum absolute atomic E-state index is 0.435. The lowest BCUT2D eigenvalue weighted by molar-refractivity contribution is 0.355. The summed E-state index contributed by atoms with van der Waals surface area (Å²) >= 11 is 0. The molecule has 0 unspecified atom stereocenters. The van der Waals surface area contributed by atoms with E-state index in [4.69, 9.17) is 0 Å². The molecule has 27 heavy (non-hydrogen) atoms. The molecule has 0 atom stereocenters. The zero-order valence-electron chi connectivity index (χ0n) is 16.2. The first-order valence-electron chi connectivity index (χ1n) is 8.87. The fraction of sp³-hybridized carbons (Fsp3) is 0.444. The van der Waals surface area contributed by atoms with Gasteiger partial charge in [-0.05, 0) is 26.0 Å². The Bertz CT molecular complexity index is 891. The number of benzene rings is 1. The molecule has 1 aliphatic heterocycles. The molecule has 0 bridgehead atoms. The number of aromatic nitrogens is 2. The number of nitrogens with zero attached hydrogens (tertiary/aromatic N) is 5. The summed E-state index contributed by atoms with van der Waals surface area (Å²) in [6.45, 7) is 5.96. The minimum atomic E-state index is -3.37. The van der Waals surface area contributed by atoms with Crippen molar-refractivity contribution < 1.29 is 8.42 Å². The van der Waals surface area contributed by atoms with Crippen molar-refractivity contribution in [3.8, 4) is 0 Å². The highest BCUT2D eigenvalue weighted by Crippen LogP contribution is 2.22. The van der Waals surface area contributed by atoms with Gasteiger partial charge in [0.25, 0.3) is 10.2 Å². The smallest absolute Gasteiger partial charge is 0.281 e. The van der Waals surface area contributed by atoms with Crippen LogP contribution >= 0.6 is 0 Å². The molecular formula is C18H26N6O2S. The highest BCUT2D eigenvalue weighted by atomic mass is 32.2. The van der Waals surface area contributed by atoms with Gasteiger partial charge in [-0.2, -0.15) is 17.0 Å². The Kier molecular flexibility index (Phi) is 5.64. The van der Waals surface area contributed by atoms with Gasteiger partial charge in [0, 0.05) is 52.0 Å². The zero-order valence-corrected chi connectivity index (χ0v) is 17.0. The second-order valence-corrected chi connectivity index (χ2v) is 8.97. The van der Waals surface area contributed by atoms with E-state index >= 15 is 0 Å². The summed E-state index contributed by atoms with van der Waals surface area (Å²) in [6, 6.07) is 10.0. The van der Waals surface area contributed by atoms with Crippen LogP contribution < -0.4 is 10.2 Å². The summed E-state index contributed by atoms with van der Waals surface area (Å²) in [6.07, 6.45) is 0. The maximum atomic E-state index is 12.3. The van der Waals surface area contributed by atoms with Gasteiger partial charge >= 0.3 is 0 Å². The minimum Gasteiger partial charge on any atom is -0.354 e. The number of anilines is 3. The average Bonchev–Trinajstić information content (AvgIpc) is 2.63. The van der Waals surface area contributed by atoms with Crippen LogP contribution in [0.4, 0.5) is 17.3 Å². The molecule has 1 aromatic heterocycles. The quantitative estimate of drug-likeness (QED) is 0.838. The molecule has 1 saturated heterocycles. The van der Waals surface area contributed by atoms with E-state index in [1.54, 1.807) is 14.1 Å². The first kappa shape index (κ1) is 19.5. The molecule has 146 valence electrons. The summed E-state index contributed by atoms with van der Waals surface area (Å²) in [5, 5.41) is 3.31. The normalized spacial score (nSPS) is 16.0. The van der Waals surface area contributed by atoms with Crippen molar-refractivity contribution in [1.29, 1.82) is 0 Å². The fourth-order valence-corrected chi connectivity index (χ4v) is 4.03. The average molecular weight is 391 g/mol. The monoisotopic (exact) mass is 390 g/mol. The number of nitrogens with one attached hydrogen (secondary N) is 1. The topological polar surface area (TPSA) is 81.7 Å². The van der Waals surface area contributed by atoms with E-state index in [9.17, 15) is 8.42 Å². The molecular weight excluding hydrogens is 364 g/mol. The van der Waals surface area contributed by atoms with Crippen LogP contribution in [0, 0.1) is 13.8 Å². The van der Waals surface area contributed by atoms with Crippen LogP contribution in [0.15, 0.2) is 30.3 Å². The molecule has 0 amide bonds. The molecule has 8 nitrogen and oxygen atoms in total. The van der Waals surface area contributed by atoms with Crippen molar-refractivity contribution in [3.63, 3.8) is 0 Å². The Balaban J connectivity index is 1.72. The standard InChI is InChI=1S/C18H26N6O2S/c1-14-5-7-16(8-6-14)21-17-13-18(20-15(2)19-17)23-9-11-24(12-10-23)27(25,26)22(3)4/h5-8,13H,9-12H2,1-4H3,(H,19,20,21). The summed E-state index contributed by atoms with van der Waals surface area (Å²) in [4.78, 5) is 11.1. The molecule has 2 heterocycles. The molecule has 1 N–H and O–H groups in total. The van der Waals surface area contributed by atoms with Crippen LogP contribution in [-0.4, -0.2) is 67.3 Å². The van der Waals surface area contributed by atoms with E-state index in [2.05, 4.69) is 20.2 Å². The van der Waals surface area contributed by atoms with Crippen molar-refractivity contribution in [3.05, 3.63) is 41.7 Å². The predicted octanol–water partition coefficient (Wildman–Crippen LogP) is 1.77. The Morgan fingerprint density at radius 3 is 2.22 bits per heavy atom. The van der Waals surface area contributed by atoms with E-state index in [0.717, 1.165) is 17.3 Å². The Labute approximate surface area is 161 Å². The van der Waals surface area contributed by atoms with Gasteiger partial charge in [0.05, 0.1) is 0 Å². The van der Waals surface area contributed by atoms with E-state index in [1.807, 2.05) is 44.2 Å². The Hall–Kier alpha value is -2.23. The molecule has 9 heteroatoms. The van der Waals surface area contributed by atoms with E-state index in [0.29, 0.717) is 32.0 Å². The van der Waals surface area contributed by atoms with Crippen LogP contribution in [0.25, 0.3) is 0 Å². The van der Waals surface area contributed by atoms with Crippen LogP contribution in [0.2, 0.25) is 0 Å². The third-order valence-corrected chi connectivity index (χ3v) is 6.44. The highest BCUT2D eigenvalue weighted by Gasteiger charge is 2.29. The summed E-state index contributed by atoms with van der Waals surface area (Å²) < 4.78 is 27.3. The SMILES string of the molecule is Cc1ccc(Nc2cc(N3CCN(S(=O)(=O)N(C)C)CC3)nc(C)n2)cc1. The maximum Gasteiger partial charge on any atom is 0.281 e. The summed E-state index contributed by atoms with van der Waals surface area (Å²) in [5.74, 6) is 2.20. The van der Waals surface area contributed by atoms with Gasteiger partial charge in [0.2, 0.25) is 0 Å². The van der Waals surface area contributed by atoms with Crippen molar-refractivity contribution in [1.82, 2.24) is 18.6 Å². The largest absolute Gasteiger partial charge is 0.354 e. The lowest BCUT2D eigenvalue weighted by Crippen LogP contribution is -2.51. The lowest BCUT2D eigenvalue weighted by Gasteiger charge is -2.35. The first-order chi connectivity index (χ1) is 12.8. The van der Waals surface area contributed by atoms with Crippen molar-refractivity contribution in [2.75, 3.05) is 50.5 Å². The molecule has 1 aliphatic rings. The Morgan fingerprint density at radius 1 is 1.00 bits per heavy atom. The number of rotatable bonds is 5. The predicted molar refractivity (Wildman–Crippen MR) is 108 cm³/mol. The Morgan fingerprint density at radius 2 is 1.63 bits per heavy atom. The van der Waals surface area contributed by atoms with Gasteiger partial charge in [-0.1, -0.05) is 17.7 Å². The van der Waals surface area contributed by atoms with Crippen LogP contribution in [-0.2, 0) is 10.2 Å². The van der Waals surface area contributed by atoms with Crippen molar-refractivity contribution in [2.24, 2.45) is 0 Å². The van der Waals surface area contributed by atoms with E-state index in [1.165, 1.54) is 14.2 Å². The van der Waals surface area contributed by atoms with Gasteiger partial charge in [-0.15, -0.1) is 0 Å². The molecule has 0 aliphatic carbocycles. The van der Waals surface area contributed by atoms with Gasteiger partial charge in [0.1, 0.15) is 17.5 Å². The van der Waals surface area contributed by atoms with Gasteiger partial charge in [0.15, 0.2) is 0 Å². The molecule has 0 spiro atoms. The zero-order chi connectivity index (χ0) is 19.6. The molecule has 0 saturated carbocycles. The number of aryl methyl sites for hydroxylation is 2. The number of hydrogen-bond donors (Lipinski definition) is 1. The van der Waals surface area contributed by atoms with E-state index in [-0.39, 0.29) is 0 Å². The fourth-order valence-electron chi connectivity index (χ4n) is 2.94. The third kappa shape index (κ3) is 4.55. The third-order valence-electron chi connectivity index (χ3n) is 4.50. The highest BCUT2D eigenvalue weighted by molar-refractivity contribution is 7.86. The maximum absolute atomic E-state index is 12.3. The van der Waals surface area contributed by atoms with Crippen LogP contribution in [0.5, 0.6) is 0 Å². The number of hydrogen-bond acceptors (Lipinski definition) is 6. The molecule has 2 aromatic rings. The second-order valence-electron chi connectivity index (χ2n) is 6.83. The molecule has 1 fully saturated rings. The van der Waals surface area contributed by atoms with Crippen LogP contribution in [0.3, 0.4) is 0 Å². The van der Waals surface area contributed by atoms with Gasteiger partial charge < -0.3 is 10.2 Å². The van der Waals surface area contributed by atoms with E-state index < -0.39 is 10.2 Å². The lowest BCUT2D eigenvalue weighted by atomic mass is 10.2.